The lowest BCUT2D eigenvalue weighted by Crippen LogP contribution is -2.22. The van der Waals surface area contributed by atoms with Crippen LogP contribution in [0.5, 0.6) is 0 Å². The number of fused-ring (bicyclic) bond motifs is 1. The van der Waals surface area contributed by atoms with Crippen molar-refractivity contribution in [1.82, 2.24) is 9.97 Å². The Morgan fingerprint density at radius 1 is 1.15 bits per heavy atom. The van der Waals surface area contributed by atoms with Crippen LogP contribution in [0.15, 0.2) is 53.7 Å². The monoisotopic (exact) mass is 388 g/mol. The normalized spacial score (nSPS) is 11.5. The van der Waals surface area contributed by atoms with E-state index in [2.05, 4.69) is 15.3 Å². The van der Waals surface area contributed by atoms with Gasteiger partial charge in [-0.1, -0.05) is 12.1 Å². The second-order valence-corrected chi connectivity index (χ2v) is 8.34. The summed E-state index contributed by atoms with van der Waals surface area (Å²) in [5, 5.41) is 3.88. The van der Waals surface area contributed by atoms with E-state index in [9.17, 15) is 12.8 Å². The Hall–Kier alpha value is -2.74. The molecule has 1 heterocycles. The highest BCUT2D eigenvalue weighted by molar-refractivity contribution is 7.90. The highest BCUT2D eigenvalue weighted by Crippen LogP contribution is 2.23. The number of hydrogen-bond acceptors (Lipinski definition) is 6. The van der Waals surface area contributed by atoms with Crippen molar-refractivity contribution < 1.29 is 12.8 Å². The highest BCUT2D eigenvalue weighted by Gasteiger charge is 2.11. The Labute approximate surface area is 158 Å². The molecule has 0 spiro atoms. The first-order valence-electron chi connectivity index (χ1n) is 8.50. The maximum atomic E-state index is 13.8. The molecule has 0 radical (unpaired) electrons. The zero-order chi connectivity index (χ0) is 19.4. The van der Waals surface area contributed by atoms with Crippen molar-refractivity contribution >= 4 is 32.2 Å². The smallest absolute Gasteiger partial charge is 0.175 e. The number of nitrogens with zero attached hydrogens (tertiary/aromatic N) is 3. The molecule has 27 heavy (non-hydrogen) atoms. The second-order valence-electron chi connectivity index (χ2n) is 6.33. The van der Waals surface area contributed by atoms with Crippen LogP contribution in [0.3, 0.4) is 0 Å². The van der Waals surface area contributed by atoms with Gasteiger partial charge in [0.15, 0.2) is 9.84 Å². The van der Waals surface area contributed by atoms with Crippen LogP contribution in [0.25, 0.3) is 10.9 Å². The molecule has 142 valence electrons. The Morgan fingerprint density at radius 2 is 1.93 bits per heavy atom. The molecule has 1 N–H and O–H groups in total. The first-order valence-corrected chi connectivity index (χ1v) is 10.4. The number of halogens is 1. The van der Waals surface area contributed by atoms with Gasteiger partial charge in [0.2, 0.25) is 0 Å². The molecule has 0 atom stereocenters. The minimum Gasteiger partial charge on any atom is -0.372 e. The van der Waals surface area contributed by atoms with E-state index in [1.807, 2.05) is 11.9 Å². The van der Waals surface area contributed by atoms with Gasteiger partial charge in [-0.15, -0.1) is 0 Å². The standard InChI is InChI=1S/C19H21FN4O2S/c1-24(18-7-4-3-6-16(18)20)11-5-10-21-19-15-12-14(27(2,25)26)8-9-17(15)22-13-23-19/h3-4,6-9,12-13H,5,10-11H2,1-2H3,(H,21,22,23). The van der Waals surface area contributed by atoms with Gasteiger partial charge in [0.25, 0.3) is 0 Å². The highest BCUT2D eigenvalue weighted by atomic mass is 32.2. The lowest BCUT2D eigenvalue weighted by Gasteiger charge is -2.20. The van der Waals surface area contributed by atoms with Crippen LogP contribution in [0.2, 0.25) is 0 Å². The number of benzene rings is 2. The minimum absolute atomic E-state index is 0.229. The summed E-state index contributed by atoms with van der Waals surface area (Å²) in [6.07, 6.45) is 3.36. The van der Waals surface area contributed by atoms with E-state index in [1.54, 1.807) is 30.3 Å². The van der Waals surface area contributed by atoms with Crippen LogP contribution in [0.4, 0.5) is 15.9 Å². The van der Waals surface area contributed by atoms with Crippen LogP contribution in [0, 0.1) is 5.82 Å². The quantitative estimate of drug-likeness (QED) is 0.627. The summed E-state index contributed by atoms with van der Waals surface area (Å²) < 4.78 is 37.4. The molecule has 0 aliphatic heterocycles. The molecule has 0 unspecified atom stereocenters. The Balaban J connectivity index is 1.67. The van der Waals surface area contributed by atoms with Crippen LogP contribution in [-0.4, -0.2) is 44.8 Å². The van der Waals surface area contributed by atoms with E-state index < -0.39 is 9.84 Å². The van der Waals surface area contributed by atoms with Gasteiger partial charge in [-0.05, 0) is 36.8 Å². The van der Waals surface area contributed by atoms with E-state index in [4.69, 9.17) is 0 Å². The molecule has 0 aliphatic rings. The molecule has 1 aromatic heterocycles. The van der Waals surface area contributed by atoms with E-state index in [1.165, 1.54) is 24.7 Å². The van der Waals surface area contributed by atoms with Crippen LogP contribution >= 0.6 is 0 Å². The largest absolute Gasteiger partial charge is 0.372 e. The van der Waals surface area contributed by atoms with E-state index in [-0.39, 0.29) is 10.7 Å². The zero-order valence-corrected chi connectivity index (χ0v) is 16.0. The average molecular weight is 388 g/mol. The van der Waals surface area contributed by atoms with Gasteiger partial charge >= 0.3 is 0 Å². The Bertz CT molecular complexity index is 1060. The summed E-state index contributed by atoms with van der Waals surface area (Å²) in [5.74, 6) is 0.335. The lowest BCUT2D eigenvalue weighted by molar-refractivity contribution is 0.602. The summed E-state index contributed by atoms with van der Waals surface area (Å²) in [5.41, 5.74) is 1.23. The third kappa shape index (κ3) is 4.51. The van der Waals surface area contributed by atoms with Crippen LogP contribution < -0.4 is 10.2 Å². The third-order valence-corrected chi connectivity index (χ3v) is 5.37. The van der Waals surface area contributed by atoms with Crippen LogP contribution in [-0.2, 0) is 9.84 Å². The molecule has 0 saturated carbocycles. The lowest BCUT2D eigenvalue weighted by atomic mass is 10.2. The molecular formula is C19H21FN4O2S. The number of aromatic nitrogens is 2. The molecular weight excluding hydrogens is 367 g/mol. The van der Waals surface area contributed by atoms with Gasteiger partial charge in [-0.3, -0.25) is 0 Å². The number of anilines is 2. The molecule has 0 fully saturated rings. The van der Waals surface area contributed by atoms with Gasteiger partial charge < -0.3 is 10.2 Å². The molecule has 3 rings (SSSR count). The molecule has 0 aliphatic carbocycles. The minimum atomic E-state index is -3.31. The number of rotatable bonds is 7. The van der Waals surface area contributed by atoms with E-state index >= 15 is 0 Å². The predicted molar refractivity (Wildman–Crippen MR) is 105 cm³/mol. The van der Waals surface area contributed by atoms with Gasteiger partial charge in [-0.25, -0.2) is 22.8 Å². The Kier molecular flexibility index (Phi) is 5.55. The van der Waals surface area contributed by atoms with Crippen molar-refractivity contribution in [3.8, 4) is 0 Å². The average Bonchev–Trinajstić information content (AvgIpc) is 2.64. The zero-order valence-electron chi connectivity index (χ0n) is 15.2. The predicted octanol–water partition coefficient (Wildman–Crippen LogP) is 3.11. The van der Waals surface area contributed by atoms with Crippen molar-refractivity contribution in [2.75, 3.05) is 36.6 Å². The van der Waals surface area contributed by atoms with Crippen molar-refractivity contribution in [1.29, 1.82) is 0 Å². The summed E-state index contributed by atoms with van der Waals surface area (Å²) in [4.78, 5) is 10.5. The molecule has 2 aromatic carbocycles. The van der Waals surface area contributed by atoms with Gasteiger partial charge in [0.05, 0.1) is 16.1 Å². The summed E-state index contributed by atoms with van der Waals surface area (Å²) in [7, 11) is -1.46. The fraction of sp³-hybridized carbons (Fsp3) is 0.263. The summed E-state index contributed by atoms with van der Waals surface area (Å²) in [6.45, 7) is 1.26. The summed E-state index contributed by atoms with van der Waals surface area (Å²) >= 11 is 0. The van der Waals surface area contributed by atoms with Crippen LogP contribution in [0.1, 0.15) is 6.42 Å². The number of nitrogens with one attached hydrogen (secondary N) is 1. The SMILES string of the molecule is CN(CCCNc1ncnc2ccc(S(C)(=O)=O)cc12)c1ccccc1F. The maximum Gasteiger partial charge on any atom is 0.175 e. The first-order chi connectivity index (χ1) is 12.9. The van der Waals surface area contributed by atoms with Crippen molar-refractivity contribution in [2.45, 2.75) is 11.3 Å². The molecule has 6 nitrogen and oxygen atoms in total. The van der Waals surface area contributed by atoms with Gasteiger partial charge in [-0.2, -0.15) is 0 Å². The van der Waals surface area contributed by atoms with Crippen molar-refractivity contribution in [2.24, 2.45) is 0 Å². The van der Waals surface area contributed by atoms with E-state index in [0.717, 1.165) is 6.42 Å². The summed E-state index contributed by atoms with van der Waals surface area (Å²) in [6, 6.07) is 11.4. The first kappa shape index (κ1) is 19.0. The maximum absolute atomic E-state index is 13.8. The number of hydrogen-bond donors (Lipinski definition) is 1. The fourth-order valence-corrected chi connectivity index (χ4v) is 3.46. The number of para-hydroxylation sites is 1. The fourth-order valence-electron chi connectivity index (χ4n) is 2.81. The van der Waals surface area contributed by atoms with E-state index in [0.29, 0.717) is 35.5 Å². The topological polar surface area (TPSA) is 75.2 Å². The number of sulfone groups is 1. The van der Waals surface area contributed by atoms with Crippen molar-refractivity contribution in [3.05, 3.63) is 54.6 Å². The molecule has 0 bridgehead atoms. The second kappa shape index (κ2) is 7.87. The van der Waals surface area contributed by atoms with Gasteiger partial charge in [0, 0.05) is 31.8 Å². The third-order valence-electron chi connectivity index (χ3n) is 4.26. The molecule has 0 saturated heterocycles. The molecule has 3 aromatic rings. The Morgan fingerprint density at radius 3 is 2.67 bits per heavy atom. The van der Waals surface area contributed by atoms with Crippen molar-refractivity contribution in [3.63, 3.8) is 0 Å². The molecule has 0 amide bonds. The van der Waals surface area contributed by atoms with Gasteiger partial charge in [0.1, 0.15) is 18.0 Å². The molecule has 8 heteroatoms.